The number of benzene rings is 1. The van der Waals surface area contributed by atoms with Gasteiger partial charge < -0.3 is 25.0 Å². The van der Waals surface area contributed by atoms with Gasteiger partial charge in [-0.2, -0.15) is 0 Å². The van der Waals surface area contributed by atoms with E-state index in [0.29, 0.717) is 18.9 Å². The summed E-state index contributed by atoms with van der Waals surface area (Å²) in [6.07, 6.45) is -0.658. The van der Waals surface area contributed by atoms with Gasteiger partial charge in [-0.25, -0.2) is 0 Å². The third-order valence-corrected chi connectivity index (χ3v) is 3.37. The quantitative estimate of drug-likeness (QED) is 0.623. The van der Waals surface area contributed by atoms with Crippen molar-refractivity contribution >= 4 is 15.9 Å². The number of methoxy groups -OCH3 is 1. The van der Waals surface area contributed by atoms with Crippen LogP contribution in [0.3, 0.4) is 0 Å². The van der Waals surface area contributed by atoms with Crippen LogP contribution < -0.4 is 10.1 Å². The van der Waals surface area contributed by atoms with E-state index in [4.69, 9.17) is 14.6 Å². The van der Waals surface area contributed by atoms with Gasteiger partial charge in [0.15, 0.2) is 0 Å². The molecule has 0 saturated carbocycles. The van der Waals surface area contributed by atoms with Gasteiger partial charge in [0.05, 0.1) is 23.7 Å². The number of ether oxygens (including phenoxy) is 2. The molecule has 0 heterocycles. The van der Waals surface area contributed by atoms with Crippen molar-refractivity contribution in [3.05, 3.63) is 28.2 Å². The fourth-order valence-corrected chi connectivity index (χ4v) is 2.26. The summed E-state index contributed by atoms with van der Waals surface area (Å²) < 4.78 is 11.4. The highest BCUT2D eigenvalue weighted by atomic mass is 79.9. The van der Waals surface area contributed by atoms with Crippen molar-refractivity contribution in [2.45, 2.75) is 19.1 Å². The summed E-state index contributed by atoms with van der Waals surface area (Å²) >= 11 is 3.42. The molecule has 0 amide bonds. The Morgan fingerprint density at radius 1 is 1.35 bits per heavy atom. The average Bonchev–Trinajstić information content (AvgIpc) is 2.42. The number of rotatable bonds is 9. The molecule has 2 unspecified atom stereocenters. The second-order valence-electron chi connectivity index (χ2n) is 4.64. The van der Waals surface area contributed by atoms with Gasteiger partial charge in [-0.1, -0.05) is 6.07 Å². The van der Waals surface area contributed by atoms with Crippen LogP contribution in [-0.2, 0) is 4.74 Å². The van der Waals surface area contributed by atoms with Gasteiger partial charge in [-0.15, -0.1) is 0 Å². The van der Waals surface area contributed by atoms with E-state index in [2.05, 4.69) is 21.2 Å². The molecule has 0 aliphatic heterocycles. The lowest BCUT2D eigenvalue weighted by atomic mass is 10.2. The van der Waals surface area contributed by atoms with Crippen molar-refractivity contribution in [3.8, 4) is 5.75 Å². The standard InChI is InChI=1S/C14H22BrNO4/c1-10-3-4-14(13(15)5-10)20-9-12(18)6-16-11(7-17)8-19-2/h3-5,11-12,16-18H,6-9H2,1-2H3. The van der Waals surface area contributed by atoms with Crippen molar-refractivity contribution in [1.82, 2.24) is 5.32 Å². The lowest BCUT2D eigenvalue weighted by molar-refractivity contribution is 0.0852. The maximum atomic E-state index is 9.84. The molecule has 0 radical (unpaired) electrons. The van der Waals surface area contributed by atoms with Crippen LogP contribution in [0.15, 0.2) is 22.7 Å². The molecule has 0 spiro atoms. The van der Waals surface area contributed by atoms with E-state index in [-0.39, 0.29) is 19.3 Å². The molecule has 5 nitrogen and oxygen atoms in total. The maximum absolute atomic E-state index is 9.84. The van der Waals surface area contributed by atoms with E-state index in [9.17, 15) is 5.11 Å². The van der Waals surface area contributed by atoms with Crippen LogP contribution in [-0.4, -0.2) is 55.8 Å². The maximum Gasteiger partial charge on any atom is 0.133 e. The van der Waals surface area contributed by atoms with Gasteiger partial charge in [0.2, 0.25) is 0 Å². The van der Waals surface area contributed by atoms with Gasteiger partial charge in [0, 0.05) is 13.7 Å². The molecule has 0 aromatic heterocycles. The number of nitrogens with one attached hydrogen (secondary N) is 1. The number of aliphatic hydroxyl groups excluding tert-OH is 2. The van der Waals surface area contributed by atoms with E-state index < -0.39 is 6.10 Å². The van der Waals surface area contributed by atoms with Crippen molar-refractivity contribution in [1.29, 1.82) is 0 Å². The molecule has 0 fully saturated rings. The number of aryl methyl sites for hydroxylation is 1. The molecule has 6 heteroatoms. The zero-order valence-corrected chi connectivity index (χ0v) is 13.4. The van der Waals surface area contributed by atoms with Crippen molar-refractivity contribution in [3.63, 3.8) is 0 Å². The first kappa shape index (κ1) is 17.4. The molecule has 1 aromatic rings. The Kier molecular flexibility index (Phi) is 8.09. The monoisotopic (exact) mass is 347 g/mol. The van der Waals surface area contributed by atoms with Crippen LogP contribution in [0, 0.1) is 6.92 Å². The minimum absolute atomic E-state index is 0.0368. The minimum atomic E-state index is -0.658. The van der Waals surface area contributed by atoms with Crippen molar-refractivity contribution < 1.29 is 19.7 Å². The largest absolute Gasteiger partial charge is 0.490 e. The summed E-state index contributed by atoms with van der Waals surface area (Å²) in [6, 6.07) is 5.59. The Balaban J connectivity index is 2.33. The molecule has 0 aliphatic rings. The molecule has 0 aliphatic carbocycles. The first-order valence-electron chi connectivity index (χ1n) is 6.47. The highest BCUT2D eigenvalue weighted by Gasteiger charge is 2.11. The highest BCUT2D eigenvalue weighted by Crippen LogP contribution is 2.25. The number of halogens is 1. The lowest BCUT2D eigenvalue weighted by Crippen LogP contribution is -2.42. The second-order valence-corrected chi connectivity index (χ2v) is 5.50. The van der Waals surface area contributed by atoms with Crippen molar-refractivity contribution in [2.24, 2.45) is 0 Å². The fourth-order valence-electron chi connectivity index (χ4n) is 1.65. The van der Waals surface area contributed by atoms with Crippen LogP contribution in [0.4, 0.5) is 0 Å². The smallest absolute Gasteiger partial charge is 0.133 e. The molecular formula is C14H22BrNO4. The molecule has 3 N–H and O–H groups in total. The van der Waals surface area contributed by atoms with Crippen LogP contribution in [0.2, 0.25) is 0 Å². The average molecular weight is 348 g/mol. The molecule has 0 saturated heterocycles. The molecular weight excluding hydrogens is 326 g/mol. The summed E-state index contributed by atoms with van der Waals surface area (Å²) in [6.45, 7) is 2.87. The summed E-state index contributed by atoms with van der Waals surface area (Å²) in [5, 5.41) is 21.9. The summed E-state index contributed by atoms with van der Waals surface area (Å²) in [7, 11) is 1.57. The normalized spacial score (nSPS) is 14.1. The Morgan fingerprint density at radius 3 is 2.70 bits per heavy atom. The Bertz CT molecular complexity index is 403. The predicted octanol–water partition coefficient (Wildman–Crippen LogP) is 1.09. The third-order valence-electron chi connectivity index (χ3n) is 2.75. The Hall–Kier alpha value is -0.660. The van der Waals surface area contributed by atoms with Gasteiger partial charge in [0.1, 0.15) is 18.5 Å². The first-order valence-corrected chi connectivity index (χ1v) is 7.26. The summed E-state index contributed by atoms with van der Waals surface area (Å²) in [5.41, 5.74) is 1.14. The van der Waals surface area contributed by atoms with Gasteiger partial charge in [0.25, 0.3) is 0 Å². The second kappa shape index (κ2) is 9.31. The summed E-state index contributed by atoms with van der Waals surface area (Å²) in [5.74, 6) is 0.699. The molecule has 0 bridgehead atoms. The molecule has 1 aromatic carbocycles. The van der Waals surface area contributed by atoms with Crippen LogP contribution >= 0.6 is 15.9 Å². The number of hydrogen-bond donors (Lipinski definition) is 3. The van der Waals surface area contributed by atoms with Gasteiger partial charge >= 0.3 is 0 Å². The molecule has 2 atom stereocenters. The topological polar surface area (TPSA) is 71.0 Å². The van der Waals surface area contributed by atoms with Gasteiger partial charge in [-0.05, 0) is 40.5 Å². The first-order chi connectivity index (χ1) is 9.56. The van der Waals surface area contributed by atoms with E-state index >= 15 is 0 Å². The van der Waals surface area contributed by atoms with E-state index in [0.717, 1.165) is 10.0 Å². The van der Waals surface area contributed by atoms with E-state index in [1.807, 2.05) is 25.1 Å². The van der Waals surface area contributed by atoms with Gasteiger partial charge in [-0.3, -0.25) is 0 Å². The fraction of sp³-hybridized carbons (Fsp3) is 0.571. The Labute approximate surface area is 128 Å². The van der Waals surface area contributed by atoms with E-state index in [1.54, 1.807) is 7.11 Å². The summed E-state index contributed by atoms with van der Waals surface area (Å²) in [4.78, 5) is 0. The zero-order chi connectivity index (χ0) is 15.0. The van der Waals surface area contributed by atoms with Crippen LogP contribution in [0.25, 0.3) is 0 Å². The Morgan fingerprint density at radius 2 is 2.10 bits per heavy atom. The minimum Gasteiger partial charge on any atom is -0.490 e. The third kappa shape index (κ3) is 6.19. The van der Waals surface area contributed by atoms with Crippen molar-refractivity contribution in [2.75, 3.05) is 33.5 Å². The predicted molar refractivity (Wildman–Crippen MR) is 81.1 cm³/mol. The van der Waals surface area contributed by atoms with E-state index in [1.165, 1.54) is 0 Å². The molecule has 20 heavy (non-hydrogen) atoms. The lowest BCUT2D eigenvalue weighted by Gasteiger charge is -2.18. The van der Waals surface area contributed by atoms with Crippen LogP contribution in [0.1, 0.15) is 5.56 Å². The number of aliphatic hydroxyl groups is 2. The van der Waals surface area contributed by atoms with Crippen LogP contribution in [0.5, 0.6) is 5.75 Å². The zero-order valence-electron chi connectivity index (χ0n) is 11.8. The molecule has 1 rings (SSSR count). The molecule has 114 valence electrons. The SMILES string of the molecule is COCC(CO)NCC(O)COc1ccc(C)cc1Br. The highest BCUT2D eigenvalue weighted by molar-refractivity contribution is 9.10. The number of hydrogen-bond acceptors (Lipinski definition) is 5.